The molecule has 0 aliphatic heterocycles. The molecule has 0 aliphatic carbocycles. The van der Waals surface area contributed by atoms with Crippen LogP contribution >= 0.6 is 11.6 Å². The minimum atomic E-state index is -3.81. The van der Waals surface area contributed by atoms with E-state index in [1.165, 1.54) is 12.3 Å². The molecule has 1 aromatic heterocycles. The first kappa shape index (κ1) is 16.7. The fraction of sp³-hybridized carbons (Fsp3) is 0.455. The number of aromatic nitrogens is 1. The van der Waals surface area contributed by atoms with Gasteiger partial charge in [0.05, 0.1) is 11.6 Å². The first-order valence-corrected chi connectivity index (χ1v) is 7.86. The molecule has 20 heavy (non-hydrogen) atoms. The number of pyridine rings is 1. The van der Waals surface area contributed by atoms with E-state index in [-0.39, 0.29) is 22.4 Å². The van der Waals surface area contributed by atoms with E-state index in [0.717, 1.165) is 6.42 Å². The lowest BCUT2D eigenvalue weighted by Gasteiger charge is -2.08. The van der Waals surface area contributed by atoms with Crippen molar-refractivity contribution in [1.82, 2.24) is 15.0 Å². The van der Waals surface area contributed by atoms with Crippen molar-refractivity contribution in [2.24, 2.45) is 0 Å². The molecular weight excluding hydrogens is 304 g/mol. The lowest BCUT2D eigenvalue weighted by molar-refractivity contribution is -0.119. The van der Waals surface area contributed by atoms with Crippen LogP contribution in [-0.4, -0.2) is 39.4 Å². The first-order valence-electron chi connectivity index (χ1n) is 6.00. The largest absolute Gasteiger partial charge is 0.372 e. The highest BCUT2D eigenvalue weighted by atomic mass is 35.5. The smallest absolute Gasteiger partial charge is 0.242 e. The quantitative estimate of drug-likeness (QED) is 0.682. The highest BCUT2D eigenvalue weighted by molar-refractivity contribution is 7.89. The minimum Gasteiger partial charge on any atom is -0.372 e. The molecule has 0 bridgehead atoms. The maximum absolute atomic E-state index is 12.0. The van der Waals surface area contributed by atoms with Crippen molar-refractivity contribution in [2.75, 3.05) is 25.5 Å². The van der Waals surface area contributed by atoms with Crippen LogP contribution in [0.3, 0.4) is 0 Å². The minimum absolute atomic E-state index is 0.0928. The van der Waals surface area contributed by atoms with Crippen LogP contribution in [0.25, 0.3) is 0 Å². The molecule has 7 nitrogen and oxygen atoms in total. The maximum atomic E-state index is 12.0. The molecule has 0 aliphatic rings. The third-order valence-electron chi connectivity index (χ3n) is 2.36. The molecule has 0 spiro atoms. The molecule has 0 saturated heterocycles. The molecule has 112 valence electrons. The van der Waals surface area contributed by atoms with E-state index >= 15 is 0 Å². The summed E-state index contributed by atoms with van der Waals surface area (Å²) in [4.78, 5) is 15.1. The number of hydrogen-bond acceptors (Lipinski definition) is 5. The molecular formula is C11H17ClN4O3S. The van der Waals surface area contributed by atoms with E-state index in [1.54, 1.807) is 7.05 Å². The average molecular weight is 321 g/mol. The number of halogens is 1. The Morgan fingerprint density at radius 3 is 2.70 bits per heavy atom. The van der Waals surface area contributed by atoms with Crippen molar-refractivity contribution < 1.29 is 13.2 Å². The topological polar surface area (TPSA) is 100 Å². The summed E-state index contributed by atoms with van der Waals surface area (Å²) in [7, 11) is -2.19. The molecule has 0 atom stereocenters. The number of anilines is 1. The zero-order chi connectivity index (χ0) is 15.2. The summed E-state index contributed by atoms with van der Waals surface area (Å²) in [5, 5.41) is 5.48. The van der Waals surface area contributed by atoms with Crippen LogP contribution in [0, 0.1) is 0 Å². The predicted molar refractivity (Wildman–Crippen MR) is 77.3 cm³/mol. The number of sulfonamides is 1. The van der Waals surface area contributed by atoms with Crippen LogP contribution in [-0.2, 0) is 14.8 Å². The van der Waals surface area contributed by atoms with Crippen LogP contribution in [0.1, 0.15) is 13.3 Å². The number of hydrogen-bond donors (Lipinski definition) is 3. The van der Waals surface area contributed by atoms with Crippen LogP contribution in [0.5, 0.6) is 0 Å². The molecule has 0 aromatic carbocycles. The Morgan fingerprint density at radius 1 is 1.45 bits per heavy atom. The molecule has 1 heterocycles. The van der Waals surface area contributed by atoms with Gasteiger partial charge >= 0.3 is 0 Å². The van der Waals surface area contributed by atoms with Crippen molar-refractivity contribution in [2.45, 2.75) is 18.2 Å². The monoisotopic (exact) mass is 320 g/mol. The Hall–Kier alpha value is -1.38. The molecule has 0 saturated carbocycles. The molecule has 0 fully saturated rings. The zero-order valence-corrected chi connectivity index (χ0v) is 12.8. The summed E-state index contributed by atoms with van der Waals surface area (Å²) in [6.07, 6.45) is 1.95. The van der Waals surface area contributed by atoms with Gasteiger partial charge in [0.1, 0.15) is 10.7 Å². The van der Waals surface area contributed by atoms with Gasteiger partial charge in [-0.15, -0.1) is 0 Å². The summed E-state index contributed by atoms with van der Waals surface area (Å²) in [5.41, 5.74) is 0. The van der Waals surface area contributed by atoms with Crippen LogP contribution in [0.15, 0.2) is 17.2 Å². The molecule has 1 rings (SSSR count). The maximum Gasteiger partial charge on any atom is 0.242 e. The van der Waals surface area contributed by atoms with E-state index in [2.05, 4.69) is 20.3 Å². The van der Waals surface area contributed by atoms with Crippen molar-refractivity contribution >= 4 is 33.3 Å². The van der Waals surface area contributed by atoms with Crippen molar-refractivity contribution in [3.63, 3.8) is 0 Å². The van der Waals surface area contributed by atoms with Gasteiger partial charge < -0.3 is 10.6 Å². The van der Waals surface area contributed by atoms with Crippen molar-refractivity contribution in [1.29, 1.82) is 0 Å². The van der Waals surface area contributed by atoms with Gasteiger partial charge in [0.2, 0.25) is 15.9 Å². The lowest BCUT2D eigenvalue weighted by Crippen LogP contribution is -2.37. The number of carbonyl (C=O) groups is 1. The number of rotatable bonds is 7. The van der Waals surface area contributed by atoms with E-state index in [0.29, 0.717) is 12.4 Å². The molecule has 3 N–H and O–H groups in total. The SMILES string of the molecule is CCCNC(=O)CNS(=O)(=O)c1cnc(NC)c(Cl)c1. The van der Waals surface area contributed by atoms with Crippen molar-refractivity contribution in [3.8, 4) is 0 Å². The van der Waals surface area contributed by atoms with Gasteiger partial charge in [0, 0.05) is 19.8 Å². The molecule has 0 radical (unpaired) electrons. The highest BCUT2D eigenvalue weighted by Crippen LogP contribution is 2.21. The molecule has 1 aromatic rings. The Kier molecular flexibility index (Phi) is 6.18. The highest BCUT2D eigenvalue weighted by Gasteiger charge is 2.17. The predicted octanol–water partition coefficient (Wildman–Crippen LogP) is 0.581. The van der Waals surface area contributed by atoms with Crippen molar-refractivity contribution in [3.05, 3.63) is 17.3 Å². The molecule has 9 heteroatoms. The standard InChI is InChI=1S/C11H17ClN4O3S/c1-3-4-14-10(17)7-16-20(18,19)8-5-9(12)11(13-2)15-6-8/h5-6,16H,3-4,7H2,1-2H3,(H,13,15)(H,14,17). The van der Waals surface area contributed by atoms with Gasteiger partial charge in [-0.1, -0.05) is 18.5 Å². The van der Waals surface area contributed by atoms with Gasteiger partial charge in [-0.25, -0.2) is 18.1 Å². The molecule has 1 amide bonds. The van der Waals surface area contributed by atoms with Gasteiger partial charge in [0.15, 0.2) is 0 Å². The third kappa shape index (κ3) is 4.62. The van der Waals surface area contributed by atoms with Crippen LogP contribution < -0.4 is 15.4 Å². The van der Waals surface area contributed by atoms with Gasteiger partial charge in [-0.2, -0.15) is 0 Å². The fourth-order valence-electron chi connectivity index (χ4n) is 1.32. The summed E-state index contributed by atoms with van der Waals surface area (Å²) in [5.74, 6) is -0.00682. The normalized spacial score (nSPS) is 11.2. The second-order valence-corrected chi connectivity index (χ2v) is 6.10. The van der Waals surface area contributed by atoms with E-state index in [9.17, 15) is 13.2 Å². The van der Waals surface area contributed by atoms with E-state index < -0.39 is 10.0 Å². The van der Waals surface area contributed by atoms with Gasteiger partial charge in [0.25, 0.3) is 0 Å². The third-order valence-corrected chi connectivity index (χ3v) is 4.01. The Balaban J connectivity index is 2.74. The van der Waals surface area contributed by atoms with E-state index in [4.69, 9.17) is 11.6 Å². The second-order valence-electron chi connectivity index (χ2n) is 3.93. The van der Waals surface area contributed by atoms with Crippen LogP contribution in [0.4, 0.5) is 5.82 Å². The Labute approximate surface area is 123 Å². The first-order chi connectivity index (χ1) is 9.40. The summed E-state index contributed by atoms with van der Waals surface area (Å²) >= 11 is 5.87. The fourth-order valence-corrected chi connectivity index (χ4v) is 2.60. The number of nitrogens with one attached hydrogen (secondary N) is 3. The Morgan fingerprint density at radius 2 is 2.15 bits per heavy atom. The average Bonchev–Trinajstić information content (AvgIpc) is 2.42. The van der Waals surface area contributed by atoms with Gasteiger partial charge in [-0.3, -0.25) is 4.79 Å². The number of carbonyl (C=O) groups excluding carboxylic acids is 1. The Bertz CT molecular complexity index is 577. The number of amides is 1. The number of nitrogens with zero attached hydrogens (tertiary/aromatic N) is 1. The summed E-state index contributed by atoms with van der Waals surface area (Å²) in [6, 6.07) is 1.27. The lowest BCUT2D eigenvalue weighted by atomic mass is 10.4. The second kappa shape index (κ2) is 7.41. The summed E-state index contributed by atoms with van der Waals surface area (Å²) < 4.78 is 26.1. The van der Waals surface area contributed by atoms with E-state index in [1.807, 2.05) is 6.92 Å². The van der Waals surface area contributed by atoms with Gasteiger partial charge in [-0.05, 0) is 12.5 Å². The molecule has 0 unspecified atom stereocenters. The zero-order valence-electron chi connectivity index (χ0n) is 11.2. The van der Waals surface area contributed by atoms with Crippen LogP contribution in [0.2, 0.25) is 5.02 Å². The summed E-state index contributed by atoms with van der Waals surface area (Å²) in [6.45, 7) is 2.08.